The van der Waals surface area contributed by atoms with E-state index in [4.69, 9.17) is 42.6 Å². The molecule has 3 aliphatic heterocycles. The fourth-order valence-electron chi connectivity index (χ4n) is 12.7. The number of aliphatic hydroxyl groups excluding tert-OH is 2. The number of rotatable bonds is 12. The number of methoxy groups -OCH3 is 2. The molecule has 20 unspecified atom stereocenters. The second-order valence-corrected chi connectivity index (χ2v) is 20.8. The third kappa shape index (κ3) is 8.40. The van der Waals surface area contributed by atoms with E-state index in [0.29, 0.717) is 32.1 Å². The number of hydrogen-bond acceptors (Lipinski definition) is 16. The Morgan fingerprint density at radius 1 is 0.797 bits per heavy atom. The summed E-state index contributed by atoms with van der Waals surface area (Å²) < 4.78 is 55.4. The number of hydrogen-bond donors (Lipinski definition) is 5. The first-order chi connectivity index (χ1) is 30.0. The maximum absolute atomic E-state index is 13.5. The summed E-state index contributed by atoms with van der Waals surface area (Å²) in [7, 11) is 3.15. The lowest BCUT2D eigenvalue weighted by molar-refractivity contribution is -0.337. The van der Waals surface area contributed by atoms with E-state index in [9.17, 15) is 35.1 Å². The average molecular weight is 909 g/mol. The van der Waals surface area contributed by atoms with Crippen molar-refractivity contribution in [3.63, 3.8) is 0 Å². The van der Waals surface area contributed by atoms with Crippen LogP contribution in [-0.2, 0) is 52.2 Å². The van der Waals surface area contributed by atoms with E-state index in [0.717, 1.165) is 11.1 Å². The van der Waals surface area contributed by atoms with Crippen molar-refractivity contribution in [3.8, 4) is 0 Å². The van der Waals surface area contributed by atoms with Crippen molar-refractivity contribution in [3.05, 3.63) is 23.3 Å². The van der Waals surface area contributed by atoms with Crippen molar-refractivity contribution >= 4 is 11.8 Å². The van der Waals surface area contributed by atoms with Crippen molar-refractivity contribution in [2.45, 2.75) is 229 Å². The Kier molecular flexibility index (Phi) is 14.5. The van der Waals surface area contributed by atoms with Gasteiger partial charge in [0.2, 0.25) is 0 Å². The molecule has 7 aliphatic rings. The lowest BCUT2D eigenvalue weighted by Gasteiger charge is -2.67. The SMILES string of the molecule is COC1CC(OC2C(C)OC(OC3C(O)CC(OC4CCC5(C)C(=CCC6(O)C5CC(OC(=O)C=C(C)C(C)C)C5(C)C(O)(C(C)=O)CCC65O)C4)OC3C)CC2OC)OC(C)C1O. The van der Waals surface area contributed by atoms with Gasteiger partial charge < -0.3 is 68.2 Å². The van der Waals surface area contributed by atoms with Crippen LogP contribution < -0.4 is 0 Å². The number of Topliss-reactive ketones (excluding diaryl/α,β-unsaturated/α-hetero) is 1. The predicted molar refractivity (Wildman–Crippen MR) is 229 cm³/mol. The number of ketones is 1. The quantitative estimate of drug-likeness (QED) is 0.106. The highest BCUT2D eigenvalue weighted by molar-refractivity contribution is 5.87. The molecule has 3 saturated heterocycles. The van der Waals surface area contributed by atoms with Crippen LogP contribution in [0.5, 0.6) is 0 Å². The zero-order chi connectivity index (χ0) is 46.9. The Morgan fingerprint density at radius 3 is 2.00 bits per heavy atom. The van der Waals surface area contributed by atoms with E-state index in [2.05, 4.69) is 6.92 Å². The maximum Gasteiger partial charge on any atom is 0.330 e. The van der Waals surface area contributed by atoms with E-state index < -0.39 is 125 Å². The van der Waals surface area contributed by atoms with E-state index >= 15 is 0 Å². The highest BCUT2D eigenvalue weighted by Gasteiger charge is 2.81. The van der Waals surface area contributed by atoms with Crippen molar-refractivity contribution in [2.24, 2.45) is 22.7 Å². The van der Waals surface area contributed by atoms with E-state index in [1.807, 2.05) is 40.7 Å². The molecule has 0 bridgehead atoms. The van der Waals surface area contributed by atoms with Gasteiger partial charge in [0.15, 0.2) is 24.7 Å². The lowest BCUT2D eigenvalue weighted by Crippen LogP contribution is -2.78. The van der Waals surface area contributed by atoms with Crippen LogP contribution in [0.25, 0.3) is 0 Å². The molecule has 64 heavy (non-hydrogen) atoms. The van der Waals surface area contributed by atoms with Gasteiger partial charge in [-0.25, -0.2) is 4.79 Å². The summed E-state index contributed by atoms with van der Waals surface area (Å²) in [6.45, 7) is 16.2. The summed E-state index contributed by atoms with van der Waals surface area (Å²) >= 11 is 0. The van der Waals surface area contributed by atoms with Crippen LogP contribution in [0.1, 0.15) is 127 Å². The Hall–Kier alpha value is -1.90. The van der Waals surface area contributed by atoms with Crippen LogP contribution in [0.3, 0.4) is 0 Å². The van der Waals surface area contributed by atoms with Gasteiger partial charge in [0, 0.05) is 45.5 Å². The summed E-state index contributed by atoms with van der Waals surface area (Å²) in [6.07, 6.45) is -2.53. The van der Waals surface area contributed by atoms with Crippen molar-refractivity contribution in [2.75, 3.05) is 14.2 Å². The van der Waals surface area contributed by atoms with E-state index in [1.54, 1.807) is 28.1 Å². The molecule has 0 spiro atoms. The predicted octanol–water partition coefficient (Wildman–Crippen LogP) is 3.94. The normalized spacial score (nSPS) is 49.7. The number of fused-ring (bicyclic) bond motifs is 5. The van der Waals surface area contributed by atoms with Gasteiger partial charge in [0.05, 0.1) is 48.1 Å². The minimum atomic E-state index is -2.02. The van der Waals surface area contributed by atoms with Crippen LogP contribution in [-0.4, -0.2) is 154 Å². The molecular weight excluding hydrogens is 833 g/mol. The fraction of sp³-hybridized carbons (Fsp3) is 0.875. The molecule has 3 heterocycles. The summed E-state index contributed by atoms with van der Waals surface area (Å²) in [4.78, 5) is 26.7. The Bertz CT molecular complexity index is 1760. The van der Waals surface area contributed by atoms with Crippen molar-refractivity contribution < 1.29 is 77.8 Å². The number of aliphatic hydroxyl groups is 5. The first-order valence-corrected chi connectivity index (χ1v) is 23.6. The topological polar surface area (TPSA) is 218 Å². The van der Waals surface area contributed by atoms with Gasteiger partial charge in [0.1, 0.15) is 41.2 Å². The third-order valence-electron chi connectivity index (χ3n) is 17.1. The zero-order valence-corrected chi connectivity index (χ0v) is 39.7. The number of carbonyl (C=O) groups excluding carboxylic acids is 2. The van der Waals surface area contributed by atoms with Gasteiger partial charge in [-0.05, 0) is 97.8 Å². The summed E-state index contributed by atoms with van der Waals surface area (Å²) in [5.74, 6) is -1.63. The Labute approximate surface area is 378 Å². The van der Waals surface area contributed by atoms with Crippen molar-refractivity contribution in [1.82, 2.24) is 0 Å². The molecule has 20 atom stereocenters. The third-order valence-corrected chi connectivity index (χ3v) is 17.1. The molecule has 16 nitrogen and oxygen atoms in total. The van der Waals surface area contributed by atoms with Gasteiger partial charge in [0.25, 0.3) is 0 Å². The molecule has 4 aliphatic carbocycles. The highest BCUT2D eigenvalue weighted by atomic mass is 16.7. The van der Waals surface area contributed by atoms with Gasteiger partial charge in [-0.1, -0.05) is 38.0 Å². The molecule has 0 aromatic carbocycles. The molecular formula is C48H76O16. The van der Waals surface area contributed by atoms with Gasteiger partial charge in [-0.3, -0.25) is 4.79 Å². The van der Waals surface area contributed by atoms with Gasteiger partial charge >= 0.3 is 5.97 Å². The second-order valence-electron chi connectivity index (χ2n) is 20.8. The maximum atomic E-state index is 13.5. The van der Waals surface area contributed by atoms with E-state index in [1.165, 1.54) is 13.0 Å². The summed E-state index contributed by atoms with van der Waals surface area (Å²) in [5, 5.41) is 59.6. The minimum Gasteiger partial charge on any atom is -0.458 e. The zero-order valence-electron chi connectivity index (χ0n) is 39.7. The van der Waals surface area contributed by atoms with Crippen molar-refractivity contribution in [1.29, 1.82) is 0 Å². The molecule has 7 rings (SSSR count). The molecule has 3 saturated carbocycles. The lowest BCUT2D eigenvalue weighted by atomic mass is 9.42. The number of esters is 1. The molecule has 5 N–H and O–H groups in total. The number of allylic oxidation sites excluding steroid dienone is 1. The molecule has 0 aromatic rings. The van der Waals surface area contributed by atoms with Crippen LogP contribution in [0.15, 0.2) is 23.3 Å². The fourth-order valence-corrected chi connectivity index (χ4v) is 12.7. The number of ether oxygens (including phenoxy) is 9. The minimum absolute atomic E-state index is 0.0398. The Morgan fingerprint density at radius 2 is 1.39 bits per heavy atom. The molecule has 0 aromatic heterocycles. The first-order valence-electron chi connectivity index (χ1n) is 23.6. The van der Waals surface area contributed by atoms with Crippen LogP contribution in [0, 0.1) is 22.7 Å². The van der Waals surface area contributed by atoms with E-state index in [-0.39, 0.29) is 44.1 Å². The second kappa shape index (κ2) is 18.5. The van der Waals surface area contributed by atoms with Gasteiger partial charge in [-0.2, -0.15) is 0 Å². The smallest absolute Gasteiger partial charge is 0.330 e. The molecule has 6 fully saturated rings. The average Bonchev–Trinajstić information content (AvgIpc) is 3.46. The summed E-state index contributed by atoms with van der Waals surface area (Å²) in [5.41, 5.74) is -6.15. The molecule has 16 heteroatoms. The first kappa shape index (κ1) is 50.0. The standard InChI is InChI=1S/C48H76O16/c1-24(2)25(3)18-37(51)62-36-23-35-44(8)14-13-31(19-30(44)12-15-47(35,54)48(55)17-16-46(53,29(7)49)45(36,48)9)61-38-20-32(50)42(27(5)59-38)63-40-22-34(57-11)43(28(6)60-40)64-39-21-33(56-10)41(52)26(4)58-39/h12,18,24,26-28,31-36,38-43,50,52-55H,13-17,19-23H2,1-11H3. The molecule has 364 valence electrons. The van der Waals surface area contributed by atoms with Crippen LogP contribution >= 0.6 is 0 Å². The van der Waals surface area contributed by atoms with Gasteiger partial charge in [-0.15, -0.1) is 0 Å². The Balaban J connectivity index is 0.995. The molecule has 0 amide bonds. The van der Waals surface area contributed by atoms with Crippen LogP contribution in [0.4, 0.5) is 0 Å². The van der Waals surface area contributed by atoms with Crippen LogP contribution in [0.2, 0.25) is 0 Å². The summed E-state index contributed by atoms with van der Waals surface area (Å²) in [6, 6.07) is 0. The largest absolute Gasteiger partial charge is 0.458 e. The number of carbonyl (C=O) groups is 2. The highest BCUT2D eigenvalue weighted by Crippen LogP contribution is 2.71. The molecule has 0 radical (unpaired) electrons. The monoisotopic (exact) mass is 909 g/mol.